The van der Waals surface area contributed by atoms with E-state index in [1.165, 1.54) is 19.2 Å². The molecule has 0 atom stereocenters. The Labute approximate surface area is 193 Å². The Hall–Kier alpha value is -3.43. The minimum atomic E-state index is -0.482. The number of nitrogens with zero attached hydrogens (tertiary/aromatic N) is 3. The molecular formula is C24H23FN4O3S. The molecule has 0 fully saturated rings. The molecule has 4 rings (SSSR count). The molecule has 1 N–H and O–H groups in total. The van der Waals surface area contributed by atoms with Crippen LogP contribution in [0.4, 0.5) is 4.39 Å². The van der Waals surface area contributed by atoms with Gasteiger partial charge < -0.3 is 9.72 Å². The Morgan fingerprint density at radius 3 is 2.67 bits per heavy atom. The van der Waals surface area contributed by atoms with Crippen molar-refractivity contribution in [2.24, 2.45) is 0 Å². The number of pyridine rings is 1. The minimum absolute atomic E-state index is 0.287. The third-order valence-electron chi connectivity index (χ3n) is 5.32. The molecule has 9 heteroatoms. The van der Waals surface area contributed by atoms with E-state index in [0.717, 1.165) is 22.6 Å². The van der Waals surface area contributed by atoms with Gasteiger partial charge in [-0.15, -0.1) is 11.3 Å². The SMILES string of the molecule is COC(=O)c1sc2nc(CN(CCc3ccccn3)Cc3ccc(F)cc3)[nH]c(=O)c2c1C. The molecular weight excluding hydrogens is 443 g/mol. The monoisotopic (exact) mass is 466 g/mol. The number of H-pyrrole nitrogens is 1. The molecule has 0 aliphatic heterocycles. The number of hydrogen-bond donors (Lipinski definition) is 1. The second kappa shape index (κ2) is 10.0. The number of aryl methyl sites for hydroxylation is 1. The summed E-state index contributed by atoms with van der Waals surface area (Å²) in [5, 5.41) is 0.405. The second-order valence-corrected chi connectivity index (χ2v) is 8.65. The smallest absolute Gasteiger partial charge is 0.348 e. The predicted octanol–water partition coefficient (Wildman–Crippen LogP) is 3.86. The van der Waals surface area contributed by atoms with Gasteiger partial charge in [-0.25, -0.2) is 14.2 Å². The Kier molecular flexibility index (Phi) is 6.90. The van der Waals surface area contributed by atoms with Gasteiger partial charge in [-0.3, -0.25) is 14.7 Å². The molecule has 0 amide bonds. The van der Waals surface area contributed by atoms with Gasteiger partial charge in [-0.2, -0.15) is 0 Å². The number of ether oxygens (including phenoxy) is 1. The fraction of sp³-hybridized carbons (Fsp3) is 0.250. The Morgan fingerprint density at radius 1 is 1.18 bits per heavy atom. The molecule has 170 valence electrons. The van der Waals surface area contributed by atoms with Crippen molar-refractivity contribution in [3.8, 4) is 0 Å². The van der Waals surface area contributed by atoms with Crippen LogP contribution in [0.15, 0.2) is 53.5 Å². The predicted molar refractivity (Wildman–Crippen MR) is 125 cm³/mol. The van der Waals surface area contributed by atoms with Crippen LogP contribution in [0.3, 0.4) is 0 Å². The van der Waals surface area contributed by atoms with E-state index in [4.69, 9.17) is 4.74 Å². The fourth-order valence-corrected chi connectivity index (χ4v) is 4.76. The van der Waals surface area contributed by atoms with E-state index in [2.05, 4.69) is 19.9 Å². The van der Waals surface area contributed by atoms with Crippen molar-refractivity contribution in [3.05, 3.63) is 92.4 Å². The number of benzene rings is 1. The van der Waals surface area contributed by atoms with Crippen LogP contribution in [-0.4, -0.2) is 39.5 Å². The number of esters is 1. The minimum Gasteiger partial charge on any atom is -0.465 e. The number of thiophene rings is 1. The molecule has 0 unspecified atom stereocenters. The van der Waals surface area contributed by atoms with Crippen LogP contribution in [0.2, 0.25) is 0 Å². The summed E-state index contributed by atoms with van der Waals surface area (Å²) in [4.78, 5) is 39.7. The van der Waals surface area contributed by atoms with Crippen molar-refractivity contribution in [1.29, 1.82) is 0 Å². The number of halogens is 1. The number of aromatic nitrogens is 3. The van der Waals surface area contributed by atoms with Gasteiger partial charge in [0.15, 0.2) is 0 Å². The first-order valence-electron chi connectivity index (χ1n) is 10.4. The van der Waals surface area contributed by atoms with Gasteiger partial charge in [0, 0.05) is 31.4 Å². The molecule has 3 aromatic heterocycles. The fourth-order valence-electron chi connectivity index (χ4n) is 3.64. The van der Waals surface area contributed by atoms with Crippen LogP contribution in [-0.2, 0) is 24.2 Å². The number of fused-ring (bicyclic) bond motifs is 1. The van der Waals surface area contributed by atoms with Gasteiger partial charge >= 0.3 is 5.97 Å². The summed E-state index contributed by atoms with van der Waals surface area (Å²) in [7, 11) is 1.31. The highest BCUT2D eigenvalue weighted by atomic mass is 32.1. The highest BCUT2D eigenvalue weighted by Gasteiger charge is 2.20. The highest BCUT2D eigenvalue weighted by molar-refractivity contribution is 7.20. The van der Waals surface area contributed by atoms with E-state index in [0.29, 0.717) is 52.5 Å². The Morgan fingerprint density at radius 2 is 1.97 bits per heavy atom. The number of methoxy groups -OCH3 is 1. The quantitative estimate of drug-likeness (QED) is 0.397. The van der Waals surface area contributed by atoms with Crippen LogP contribution in [0.5, 0.6) is 0 Å². The van der Waals surface area contributed by atoms with Crippen LogP contribution in [0, 0.1) is 12.7 Å². The number of carbonyl (C=O) groups excluding carboxylic acids is 1. The summed E-state index contributed by atoms with van der Waals surface area (Å²) in [5.74, 6) is -0.275. The van der Waals surface area contributed by atoms with E-state index >= 15 is 0 Å². The zero-order valence-corrected chi connectivity index (χ0v) is 19.1. The first-order chi connectivity index (χ1) is 15.9. The van der Waals surface area contributed by atoms with Crippen molar-refractivity contribution in [2.45, 2.75) is 26.4 Å². The largest absolute Gasteiger partial charge is 0.465 e. The van der Waals surface area contributed by atoms with Crippen molar-refractivity contribution in [3.63, 3.8) is 0 Å². The maximum absolute atomic E-state index is 13.3. The van der Waals surface area contributed by atoms with E-state index in [9.17, 15) is 14.0 Å². The maximum Gasteiger partial charge on any atom is 0.348 e. The molecule has 0 bridgehead atoms. The van der Waals surface area contributed by atoms with Crippen LogP contribution < -0.4 is 5.56 Å². The number of rotatable bonds is 8. The average Bonchev–Trinajstić information content (AvgIpc) is 3.15. The zero-order chi connectivity index (χ0) is 23.4. The topological polar surface area (TPSA) is 88.2 Å². The van der Waals surface area contributed by atoms with Gasteiger partial charge in [-0.1, -0.05) is 18.2 Å². The highest BCUT2D eigenvalue weighted by Crippen LogP contribution is 2.27. The summed E-state index contributed by atoms with van der Waals surface area (Å²) in [6, 6.07) is 12.1. The van der Waals surface area contributed by atoms with Crippen LogP contribution >= 0.6 is 11.3 Å². The van der Waals surface area contributed by atoms with Gasteiger partial charge in [0.05, 0.1) is 19.0 Å². The third-order valence-corrected chi connectivity index (χ3v) is 6.49. The Balaban J connectivity index is 1.61. The number of aromatic amines is 1. The van der Waals surface area contributed by atoms with Gasteiger partial charge in [-0.05, 0) is 42.3 Å². The van der Waals surface area contributed by atoms with Crippen molar-refractivity contribution in [1.82, 2.24) is 19.9 Å². The normalized spacial score (nSPS) is 11.3. The lowest BCUT2D eigenvalue weighted by Crippen LogP contribution is -2.28. The molecule has 7 nitrogen and oxygen atoms in total. The van der Waals surface area contributed by atoms with Crippen molar-refractivity contribution in [2.75, 3.05) is 13.7 Å². The summed E-state index contributed by atoms with van der Waals surface area (Å²) in [5.41, 5.74) is 2.18. The average molecular weight is 467 g/mol. The van der Waals surface area contributed by atoms with Crippen LogP contribution in [0.1, 0.15) is 32.3 Å². The van der Waals surface area contributed by atoms with Gasteiger partial charge in [0.1, 0.15) is 21.3 Å². The Bertz CT molecular complexity index is 1320. The molecule has 0 aliphatic carbocycles. The summed E-state index contributed by atoms with van der Waals surface area (Å²) in [6.45, 7) is 3.30. The third kappa shape index (κ3) is 5.32. The van der Waals surface area contributed by atoms with Crippen LogP contribution in [0.25, 0.3) is 10.2 Å². The molecule has 0 aliphatic rings. The van der Waals surface area contributed by atoms with E-state index in [-0.39, 0.29) is 11.4 Å². The molecule has 33 heavy (non-hydrogen) atoms. The van der Waals surface area contributed by atoms with Gasteiger partial charge in [0.2, 0.25) is 0 Å². The van der Waals surface area contributed by atoms with Crippen molar-refractivity contribution >= 4 is 27.5 Å². The molecule has 1 aromatic carbocycles. The first-order valence-corrected chi connectivity index (χ1v) is 11.2. The molecule has 4 aromatic rings. The first kappa shape index (κ1) is 22.8. The number of nitrogens with one attached hydrogen (secondary N) is 1. The number of hydrogen-bond acceptors (Lipinski definition) is 7. The summed E-state index contributed by atoms with van der Waals surface area (Å²) >= 11 is 1.15. The summed E-state index contributed by atoms with van der Waals surface area (Å²) < 4.78 is 18.2. The maximum atomic E-state index is 13.3. The molecule has 3 heterocycles. The van der Waals surface area contributed by atoms with E-state index in [1.807, 2.05) is 18.2 Å². The van der Waals surface area contributed by atoms with Gasteiger partial charge in [0.25, 0.3) is 5.56 Å². The molecule has 0 spiro atoms. The molecule has 0 saturated carbocycles. The number of carbonyl (C=O) groups is 1. The lowest BCUT2D eigenvalue weighted by Gasteiger charge is -2.22. The zero-order valence-electron chi connectivity index (χ0n) is 18.3. The lowest BCUT2D eigenvalue weighted by atomic mass is 10.2. The lowest BCUT2D eigenvalue weighted by molar-refractivity contribution is 0.0605. The van der Waals surface area contributed by atoms with E-state index < -0.39 is 5.97 Å². The molecule has 0 radical (unpaired) electrons. The summed E-state index contributed by atoms with van der Waals surface area (Å²) in [6.07, 6.45) is 2.46. The van der Waals surface area contributed by atoms with E-state index in [1.54, 1.807) is 25.3 Å². The molecule has 0 saturated heterocycles. The van der Waals surface area contributed by atoms with Crippen molar-refractivity contribution < 1.29 is 13.9 Å². The second-order valence-electron chi connectivity index (χ2n) is 7.65. The standard InChI is InChI=1S/C24H23FN4O3S/c1-15-20-22(30)27-19(28-23(20)33-21(15)24(31)32-2)14-29(12-10-18-5-3-4-11-26-18)13-16-6-8-17(25)9-7-16/h3-9,11H,10,12-14H2,1-2H3,(H,27,28,30).